The lowest BCUT2D eigenvalue weighted by Crippen LogP contribution is -2.37. The van der Waals surface area contributed by atoms with E-state index in [4.69, 9.17) is 14.3 Å². The van der Waals surface area contributed by atoms with Crippen molar-refractivity contribution in [3.8, 4) is 11.5 Å². The van der Waals surface area contributed by atoms with Crippen molar-refractivity contribution < 1.29 is 19.1 Å². The zero-order valence-electron chi connectivity index (χ0n) is 17.7. The van der Waals surface area contributed by atoms with Crippen molar-refractivity contribution in [3.05, 3.63) is 59.7 Å². The van der Waals surface area contributed by atoms with E-state index in [9.17, 15) is 4.79 Å². The molecule has 0 radical (unpaired) electrons. The second-order valence-electron chi connectivity index (χ2n) is 8.66. The Kier molecular flexibility index (Phi) is 5.28. The van der Waals surface area contributed by atoms with Crippen LogP contribution in [0.3, 0.4) is 0 Å². The molecular formula is C24H27N3O4. The smallest absolute Gasteiger partial charge is 0.269 e. The Bertz CT molecular complexity index is 994. The molecule has 2 aromatic rings. The van der Waals surface area contributed by atoms with Gasteiger partial charge in [0, 0.05) is 39.0 Å². The van der Waals surface area contributed by atoms with Gasteiger partial charge in [-0.2, -0.15) is 0 Å². The first-order valence-corrected chi connectivity index (χ1v) is 10.8. The van der Waals surface area contributed by atoms with Gasteiger partial charge in [-0.05, 0) is 29.2 Å². The third kappa shape index (κ3) is 4.23. The molecule has 31 heavy (non-hydrogen) atoms. The molecule has 0 unspecified atom stereocenters. The average Bonchev–Trinajstić information content (AvgIpc) is 3.53. The van der Waals surface area contributed by atoms with E-state index in [1.165, 1.54) is 11.1 Å². The Balaban J connectivity index is 1.12. The van der Waals surface area contributed by atoms with Crippen molar-refractivity contribution in [2.75, 3.05) is 26.4 Å². The summed E-state index contributed by atoms with van der Waals surface area (Å²) in [7, 11) is 0. The van der Waals surface area contributed by atoms with Crippen molar-refractivity contribution in [2.45, 2.75) is 37.8 Å². The number of amides is 1. The van der Waals surface area contributed by atoms with Crippen molar-refractivity contribution in [3.63, 3.8) is 0 Å². The topological polar surface area (TPSA) is 72.4 Å². The van der Waals surface area contributed by atoms with Gasteiger partial charge in [-0.25, -0.2) is 0 Å². The van der Waals surface area contributed by atoms with Crippen LogP contribution < -0.4 is 14.8 Å². The standard InChI is InChI=1S/C24H27N3O4/c1-17(19-5-3-2-4-6-19)13-25-23(28)20-12-24(31-26-20)9-10-27(15-24)14-18-7-8-21-22(11-18)30-16-29-21/h2-8,11,17H,9-10,12-16H2,1H3,(H,25,28)/t17-,24-/m1/s1. The Morgan fingerprint density at radius 3 is 2.90 bits per heavy atom. The van der Waals surface area contributed by atoms with Crippen molar-refractivity contribution in [1.29, 1.82) is 0 Å². The van der Waals surface area contributed by atoms with E-state index < -0.39 is 5.60 Å². The summed E-state index contributed by atoms with van der Waals surface area (Å²) in [6.45, 7) is 5.43. The number of rotatable bonds is 6. The minimum atomic E-state index is -0.395. The molecule has 2 atom stereocenters. The first kappa shape index (κ1) is 19.9. The highest BCUT2D eigenvalue weighted by Crippen LogP contribution is 2.36. The van der Waals surface area contributed by atoms with Crippen LogP contribution in [0.25, 0.3) is 0 Å². The third-order valence-electron chi connectivity index (χ3n) is 6.28. The maximum absolute atomic E-state index is 12.6. The van der Waals surface area contributed by atoms with E-state index in [0.717, 1.165) is 37.6 Å². The molecule has 1 spiro atoms. The molecule has 162 valence electrons. The molecule has 3 aliphatic heterocycles. The Labute approximate surface area is 182 Å². The summed E-state index contributed by atoms with van der Waals surface area (Å²) >= 11 is 0. The summed E-state index contributed by atoms with van der Waals surface area (Å²) in [6, 6.07) is 16.2. The number of likely N-dealkylation sites (tertiary alicyclic amines) is 1. The molecule has 0 aromatic heterocycles. The van der Waals surface area contributed by atoms with Crippen LogP contribution in [0.4, 0.5) is 0 Å². The van der Waals surface area contributed by atoms with E-state index in [0.29, 0.717) is 18.7 Å². The molecule has 1 amide bonds. The summed E-state index contributed by atoms with van der Waals surface area (Å²) in [5.41, 5.74) is 2.48. The van der Waals surface area contributed by atoms with Crippen LogP contribution in [0.15, 0.2) is 53.7 Å². The number of benzene rings is 2. The molecule has 1 N–H and O–H groups in total. The van der Waals surface area contributed by atoms with E-state index >= 15 is 0 Å². The number of oxime groups is 1. The molecule has 0 saturated carbocycles. The second kappa shape index (κ2) is 8.23. The lowest BCUT2D eigenvalue weighted by molar-refractivity contribution is -0.115. The maximum Gasteiger partial charge on any atom is 0.269 e. The fourth-order valence-electron chi connectivity index (χ4n) is 4.47. The van der Waals surface area contributed by atoms with E-state index in [2.05, 4.69) is 40.5 Å². The highest BCUT2D eigenvalue weighted by molar-refractivity contribution is 6.39. The van der Waals surface area contributed by atoms with Gasteiger partial charge < -0.3 is 19.6 Å². The lowest BCUT2D eigenvalue weighted by atomic mass is 9.96. The number of nitrogens with zero attached hydrogens (tertiary/aromatic N) is 2. The predicted octanol–water partition coefficient (Wildman–Crippen LogP) is 3.06. The van der Waals surface area contributed by atoms with Gasteiger partial charge in [0.05, 0.1) is 0 Å². The van der Waals surface area contributed by atoms with Crippen LogP contribution in [0.1, 0.15) is 36.8 Å². The highest BCUT2D eigenvalue weighted by Gasteiger charge is 2.46. The molecule has 1 saturated heterocycles. The second-order valence-corrected chi connectivity index (χ2v) is 8.66. The summed E-state index contributed by atoms with van der Waals surface area (Å²) in [4.78, 5) is 20.8. The molecule has 3 heterocycles. The fraction of sp³-hybridized carbons (Fsp3) is 0.417. The molecule has 7 nitrogen and oxygen atoms in total. The summed E-state index contributed by atoms with van der Waals surface area (Å²) in [5, 5.41) is 7.17. The molecule has 2 aromatic carbocycles. The molecule has 3 aliphatic rings. The van der Waals surface area contributed by atoms with E-state index in [1.807, 2.05) is 30.3 Å². The first-order chi connectivity index (χ1) is 15.1. The zero-order chi connectivity index (χ0) is 21.3. The van der Waals surface area contributed by atoms with Gasteiger partial charge in [0.15, 0.2) is 17.1 Å². The third-order valence-corrected chi connectivity index (χ3v) is 6.28. The highest BCUT2D eigenvalue weighted by atomic mass is 16.7. The minimum Gasteiger partial charge on any atom is -0.454 e. The van der Waals surface area contributed by atoms with Gasteiger partial charge in [0.2, 0.25) is 6.79 Å². The Morgan fingerprint density at radius 1 is 1.19 bits per heavy atom. The maximum atomic E-state index is 12.6. The molecule has 1 fully saturated rings. The average molecular weight is 421 g/mol. The van der Waals surface area contributed by atoms with Gasteiger partial charge in [-0.15, -0.1) is 0 Å². The minimum absolute atomic E-state index is 0.131. The van der Waals surface area contributed by atoms with Crippen LogP contribution in [0, 0.1) is 0 Å². The van der Waals surface area contributed by atoms with E-state index in [1.54, 1.807) is 0 Å². The van der Waals surface area contributed by atoms with Crippen molar-refractivity contribution in [1.82, 2.24) is 10.2 Å². The molecular weight excluding hydrogens is 394 g/mol. The Hall–Kier alpha value is -3.06. The molecule has 7 heteroatoms. The predicted molar refractivity (Wildman–Crippen MR) is 116 cm³/mol. The van der Waals surface area contributed by atoms with Gasteiger partial charge in [0.1, 0.15) is 5.71 Å². The number of hydrogen-bond donors (Lipinski definition) is 1. The molecule has 0 aliphatic carbocycles. The van der Waals surface area contributed by atoms with Crippen LogP contribution in [-0.2, 0) is 16.2 Å². The van der Waals surface area contributed by atoms with Crippen molar-refractivity contribution in [2.24, 2.45) is 5.16 Å². The summed E-state index contributed by atoms with van der Waals surface area (Å²) in [6.07, 6.45) is 1.41. The number of hydrogen-bond acceptors (Lipinski definition) is 6. The first-order valence-electron chi connectivity index (χ1n) is 10.8. The largest absolute Gasteiger partial charge is 0.454 e. The van der Waals surface area contributed by atoms with Crippen molar-refractivity contribution >= 4 is 11.6 Å². The SMILES string of the molecule is C[C@H](CNC(=O)C1=NO[C@]2(CCN(Cc3ccc4c(c3)OCO4)C2)C1)c1ccccc1. The van der Waals surface area contributed by atoms with Crippen LogP contribution in [0.5, 0.6) is 11.5 Å². The summed E-state index contributed by atoms with van der Waals surface area (Å²) in [5.74, 6) is 1.71. The lowest BCUT2D eigenvalue weighted by Gasteiger charge is -2.21. The van der Waals surface area contributed by atoms with Crippen LogP contribution in [0.2, 0.25) is 0 Å². The number of fused-ring (bicyclic) bond motifs is 1. The zero-order valence-corrected chi connectivity index (χ0v) is 17.7. The fourth-order valence-corrected chi connectivity index (χ4v) is 4.47. The van der Waals surface area contributed by atoms with Crippen LogP contribution in [-0.4, -0.2) is 48.5 Å². The van der Waals surface area contributed by atoms with Gasteiger partial charge >= 0.3 is 0 Å². The number of carbonyl (C=O) groups is 1. The number of ether oxygens (including phenoxy) is 2. The van der Waals surface area contributed by atoms with Gasteiger partial charge in [-0.1, -0.05) is 48.5 Å². The molecule has 0 bridgehead atoms. The number of nitrogens with one attached hydrogen (secondary N) is 1. The number of carbonyl (C=O) groups excluding carboxylic acids is 1. The normalized spacial score (nSPS) is 22.9. The van der Waals surface area contributed by atoms with E-state index in [-0.39, 0.29) is 18.6 Å². The van der Waals surface area contributed by atoms with Crippen LogP contribution >= 0.6 is 0 Å². The van der Waals surface area contributed by atoms with Gasteiger partial charge in [-0.3, -0.25) is 9.69 Å². The monoisotopic (exact) mass is 421 g/mol. The summed E-state index contributed by atoms with van der Waals surface area (Å²) < 4.78 is 10.9. The quantitative estimate of drug-likeness (QED) is 0.776. The Morgan fingerprint density at radius 2 is 2.03 bits per heavy atom. The van der Waals surface area contributed by atoms with Gasteiger partial charge in [0.25, 0.3) is 5.91 Å². The molecule has 5 rings (SSSR count).